The van der Waals surface area contributed by atoms with Crippen LogP contribution in [0.4, 0.5) is 13.2 Å². The highest BCUT2D eigenvalue weighted by molar-refractivity contribution is 7.87. The lowest BCUT2D eigenvalue weighted by atomic mass is 10.3. The van der Waals surface area contributed by atoms with Crippen molar-refractivity contribution in [2.75, 3.05) is 0 Å². The van der Waals surface area contributed by atoms with Gasteiger partial charge in [0, 0.05) is 6.07 Å². The van der Waals surface area contributed by atoms with Crippen molar-refractivity contribution in [2.24, 2.45) is 0 Å². The van der Waals surface area contributed by atoms with Gasteiger partial charge in [0.2, 0.25) is 0 Å². The first-order chi connectivity index (χ1) is 12.2. The Balaban J connectivity index is 1.92. The molecule has 0 fully saturated rings. The van der Waals surface area contributed by atoms with Crippen molar-refractivity contribution >= 4 is 10.1 Å². The van der Waals surface area contributed by atoms with Gasteiger partial charge in [-0.2, -0.15) is 8.42 Å². The first kappa shape index (κ1) is 17.7. The van der Waals surface area contributed by atoms with Crippen LogP contribution in [-0.4, -0.2) is 35.0 Å². The minimum atomic E-state index is -5.05. The molecule has 0 unspecified atom stereocenters. The number of nitrogens with zero attached hydrogens (tertiary/aromatic N) is 4. The maximum atomic E-state index is 12.5. The summed E-state index contributed by atoms with van der Waals surface area (Å²) in [6.07, 6.45) is -3.77. The van der Waals surface area contributed by atoms with Crippen LogP contribution in [0.15, 0.2) is 59.8 Å². The maximum absolute atomic E-state index is 12.5. The van der Waals surface area contributed by atoms with E-state index in [4.69, 9.17) is 4.18 Å². The van der Waals surface area contributed by atoms with Crippen molar-refractivity contribution in [1.82, 2.24) is 20.2 Å². The second-order valence-corrected chi connectivity index (χ2v) is 6.30. The molecule has 0 spiro atoms. The largest absolute Gasteiger partial charge is 0.573 e. The summed E-state index contributed by atoms with van der Waals surface area (Å²) in [6, 6.07) is 9.95. The van der Waals surface area contributed by atoms with Gasteiger partial charge >= 0.3 is 16.5 Å². The van der Waals surface area contributed by atoms with Gasteiger partial charge in [-0.3, -0.25) is 0 Å². The predicted octanol–water partition coefficient (Wildman–Crippen LogP) is 2.33. The Morgan fingerprint density at radius 2 is 1.81 bits per heavy atom. The first-order valence-electron chi connectivity index (χ1n) is 6.87. The first-order valence-corrected chi connectivity index (χ1v) is 8.28. The van der Waals surface area contributed by atoms with Crippen LogP contribution >= 0.6 is 0 Å². The van der Waals surface area contributed by atoms with E-state index in [9.17, 15) is 21.6 Å². The van der Waals surface area contributed by atoms with Gasteiger partial charge in [-0.1, -0.05) is 18.2 Å². The summed E-state index contributed by atoms with van der Waals surface area (Å²) < 4.78 is 72.1. The number of benzene rings is 2. The SMILES string of the molecule is O=S(=O)(Oc1cccc(-n2cnnn2)c1)c1ccccc1OC(F)(F)F. The molecular weight excluding hydrogens is 377 g/mol. The van der Waals surface area contributed by atoms with Gasteiger partial charge in [0.15, 0.2) is 5.75 Å². The average molecular weight is 386 g/mol. The molecule has 8 nitrogen and oxygen atoms in total. The van der Waals surface area contributed by atoms with Crippen LogP contribution in [0.3, 0.4) is 0 Å². The summed E-state index contributed by atoms with van der Waals surface area (Å²) in [5, 5.41) is 10.5. The van der Waals surface area contributed by atoms with Gasteiger partial charge < -0.3 is 8.92 Å². The molecule has 0 saturated carbocycles. The number of halogens is 3. The fourth-order valence-electron chi connectivity index (χ4n) is 1.99. The Bertz CT molecular complexity index is 1010. The lowest BCUT2D eigenvalue weighted by Gasteiger charge is -2.14. The molecule has 26 heavy (non-hydrogen) atoms. The highest BCUT2D eigenvalue weighted by Gasteiger charge is 2.34. The van der Waals surface area contributed by atoms with E-state index >= 15 is 0 Å². The summed E-state index contributed by atoms with van der Waals surface area (Å²) in [5.74, 6) is -1.03. The molecule has 0 aliphatic heterocycles. The minimum absolute atomic E-state index is 0.139. The van der Waals surface area contributed by atoms with Crippen molar-refractivity contribution in [3.63, 3.8) is 0 Å². The van der Waals surface area contributed by atoms with E-state index in [1.54, 1.807) is 6.07 Å². The zero-order chi connectivity index (χ0) is 18.8. The monoisotopic (exact) mass is 386 g/mol. The zero-order valence-corrected chi connectivity index (χ0v) is 13.5. The molecule has 0 amide bonds. The fraction of sp³-hybridized carbons (Fsp3) is 0.0714. The van der Waals surface area contributed by atoms with Crippen LogP contribution in [0.2, 0.25) is 0 Å². The molecule has 12 heteroatoms. The Kier molecular flexibility index (Phi) is 4.50. The molecule has 136 valence electrons. The number of ether oxygens (including phenoxy) is 1. The van der Waals surface area contributed by atoms with E-state index in [2.05, 4.69) is 20.3 Å². The van der Waals surface area contributed by atoms with Crippen molar-refractivity contribution in [3.05, 3.63) is 54.9 Å². The number of alkyl halides is 3. The fourth-order valence-corrected chi connectivity index (χ4v) is 3.04. The van der Waals surface area contributed by atoms with Gasteiger partial charge in [-0.15, -0.1) is 18.3 Å². The number of rotatable bonds is 5. The third kappa shape index (κ3) is 4.08. The summed E-state index contributed by atoms with van der Waals surface area (Å²) >= 11 is 0. The molecule has 0 radical (unpaired) electrons. The molecule has 0 atom stereocenters. The summed E-state index contributed by atoms with van der Waals surface area (Å²) in [7, 11) is -4.59. The van der Waals surface area contributed by atoms with Crippen molar-refractivity contribution in [2.45, 2.75) is 11.3 Å². The molecule has 0 N–H and O–H groups in total. The van der Waals surface area contributed by atoms with Crippen LogP contribution in [0.25, 0.3) is 5.69 Å². The molecule has 3 rings (SSSR count). The van der Waals surface area contributed by atoms with Crippen LogP contribution in [0.5, 0.6) is 11.5 Å². The van der Waals surface area contributed by atoms with Gasteiger partial charge in [-0.05, 0) is 34.7 Å². The van der Waals surface area contributed by atoms with Gasteiger partial charge in [-0.25, -0.2) is 4.68 Å². The third-order valence-corrected chi connectivity index (χ3v) is 4.27. The number of tetrazole rings is 1. The highest BCUT2D eigenvalue weighted by Crippen LogP contribution is 2.31. The Morgan fingerprint density at radius 3 is 2.50 bits per heavy atom. The van der Waals surface area contributed by atoms with Gasteiger partial charge in [0.25, 0.3) is 0 Å². The van der Waals surface area contributed by atoms with Crippen molar-refractivity contribution in [1.29, 1.82) is 0 Å². The third-order valence-electron chi connectivity index (χ3n) is 2.98. The number of hydrogen-bond donors (Lipinski definition) is 0. The molecule has 0 aliphatic rings. The minimum Gasteiger partial charge on any atom is -0.404 e. The van der Waals surface area contributed by atoms with Crippen LogP contribution in [-0.2, 0) is 10.1 Å². The van der Waals surface area contributed by atoms with Gasteiger partial charge in [0.05, 0.1) is 5.69 Å². The molecule has 2 aromatic carbocycles. The maximum Gasteiger partial charge on any atom is 0.573 e. The molecule has 0 saturated heterocycles. The summed E-state index contributed by atoms with van der Waals surface area (Å²) in [5.41, 5.74) is 0.391. The Hall–Kier alpha value is -3.15. The van der Waals surface area contributed by atoms with Crippen molar-refractivity contribution in [3.8, 4) is 17.2 Å². The molecule has 3 aromatic rings. The lowest BCUT2D eigenvalue weighted by Crippen LogP contribution is -2.20. The second kappa shape index (κ2) is 6.63. The average Bonchev–Trinajstić information content (AvgIpc) is 3.08. The number of hydrogen-bond acceptors (Lipinski definition) is 7. The molecule has 1 aromatic heterocycles. The molecular formula is C14H9F3N4O4S. The predicted molar refractivity (Wildman–Crippen MR) is 80.1 cm³/mol. The van der Waals surface area contributed by atoms with E-state index in [1.165, 1.54) is 41.3 Å². The normalized spacial score (nSPS) is 12.0. The van der Waals surface area contributed by atoms with E-state index in [0.29, 0.717) is 5.69 Å². The van der Waals surface area contributed by atoms with E-state index < -0.39 is 27.1 Å². The quantitative estimate of drug-likeness (QED) is 0.621. The molecule has 0 aliphatic carbocycles. The summed E-state index contributed by atoms with van der Waals surface area (Å²) in [6.45, 7) is 0. The van der Waals surface area contributed by atoms with Gasteiger partial charge in [0.1, 0.15) is 17.0 Å². The molecule has 0 bridgehead atoms. The Labute approximate surface area is 144 Å². The lowest BCUT2D eigenvalue weighted by molar-refractivity contribution is -0.275. The zero-order valence-electron chi connectivity index (χ0n) is 12.7. The van der Waals surface area contributed by atoms with Crippen LogP contribution in [0, 0.1) is 0 Å². The molecule has 1 heterocycles. The number of para-hydroxylation sites is 1. The van der Waals surface area contributed by atoms with E-state index in [0.717, 1.165) is 12.1 Å². The number of aromatic nitrogens is 4. The highest BCUT2D eigenvalue weighted by atomic mass is 32.2. The van der Waals surface area contributed by atoms with Crippen LogP contribution in [0.1, 0.15) is 0 Å². The standard InChI is InChI=1S/C14H9F3N4O4S/c15-14(16,17)24-12-6-1-2-7-13(12)26(22,23)25-11-5-3-4-10(8-11)21-9-18-19-20-21/h1-9H. The van der Waals surface area contributed by atoms with Crippen LogP contribution < -0.4 is 8.92 Å². The Morgan fingerprint density at radius 1 is 1.04 bits per heavy atom. The van der Waals surface area contributed by atoms with Crippen molar-refractivity contribution < 1.29 is 30.5 Å². The van der Waals surface area contributed by atoms with E-state index in [1.807, 2.05) is 0 Å². The second-order valence-electron chi connectivity index (χ2n) is 4.78. The smallest absolute Gasteiger partial charge is 0.404 e. The summed E-state index contributed by atoms with van der Waals surface area (Å²) in [4.78, 5) is -0.759. The van der Waals surface area contributed by atoms with E-state index in [-0.39, 0.29) is 5.75 Å². The topological polar surface area (TPSA) is 96.2 Å².